The van der Waals surface area contributed by atoms with E-state index in [1.54, 1.807) is 36.0 Å². The maximum absolute atomic E-state index is 13.0. The molecule has 4 rings (SSSR count). The minimum absolute atomic E-state index is 0.0699. The Labute approximate surface area is 139 Å². The first kappa shape index (κ1) is 14.8. The van der Waals surface area contributed by atoms with Gasteiger partial charge in [-0.2, -0.15) is 0 Å². The van der Waals surface area contributed by atoms with Crippen molar-refractivity contribution in [3.05, 3.63) is 35.4 Å². The average molecular weight is 330 g/mol. The van der Waals surface area contributed by atoms with Gasteiger partial charge < -0.3 is 4.90 Å². The molecule has 1 aromatic rings. The van der Waals surface area contributed by atoms with Gasteiger partial charge >= 0.3 is 0 Å². The summed E-state index contributed by atoms with van der Waals surface area (Å²) < 4.78 is 0. The summed E-state index contributed by atoms with van der Waals surface area (Å²) in [5.74, 6) is 0.189. The molecule has 3 aliphatic rings. The standard InChI is InChI=1S/C17H18N2O3S/c1-10-9-23-14-8-4-7-13(17(22)18(10)14)19-15(20)11-5-2-3-6-12(11)16(19)21/h2-3,5-6,10,13-14H,4,7-9H2,1H3/t10?,13?,14-/m1/s1. The third-order valence-electron chi connectivity index (χ3n) is 4.92. The normalized spacial score (nSPS) is 30.5. The van der Waals surface area contributed by atoms with Gasteiger partial charge in [0.15, 0.2) is 0 Å². The van der Waals surface area contributed by atoms with Crippen molar-refractivity contribution in [2.45, 2.75) is 43.6 Å². The molecular formula is C17H18N2O3S. The fourth-order valence-corrected chi connectivity index (χ4v) is 5.26. The lowest BCUT2D eigenvalue weighted by Gasteiger charge is -2.31. The molecule has 2 fully saturated rings. The van der Waals surface area contributed by atoms with E-state index < -0.39 is 6.04 Å². The van der Waals surface area contributed by atoms with E-state index in [2.05, 4.69) is 0 Å². The van der Waals surface area contributed by atoms with Crippen molar-refractivity contribution >= 4 is 29.5 Å². The van der Waals surface area contributed by atoms with Gasteiger partial charge in [0.05, 0.1) is 16.5 Å². The van der Waals surface area contributed by atoms with Crippen LogP contribution in [0.5, 0.6) is 0 Å². The molecule has 2 saturated heterocycles. The van der Waals surface area contributed by atoms with Gasteiger partial charge in [-0.05, 0) is 38.3 Å². The highest BCUT2D eigenvalue weighted by Crippen LogP contribution is 2.37. The zero-order valence-electron chi connectivity index (χ0n) is 12.9. The van der Waals surface area contributed by atoms with Crippen LogP contribution in [0.15, 0.2) is 24.3 Å². The second kappa shape index (κ2) is 5.37. The Morgan fingerprint density at radius 1 is 1.04 bits per heavy atom. The maximum atomic E-state index is 13.0. The van der Waals surface area contributed by atoms with Gasteiger partial charge in [0, 0.05) is 11.8 Å². The van der Waals surface area contributed by atoms with Gasteiger partial charge in [0.2, 0.25) is 5.91 Å². The summed E-state index contributed by atoms with van der Waals surface area (Å²) in [5.41, 5.74) is 0.824. The first-order valence-electron chi connectivity index (χ1n) is 8.00. The van der Waals surface area contributed by atoms with E-state index in [-0.39, 0.29) is 29.1 Å². The lowest BCUT2D eigenvalue weighted by molar-refractivity contribution is -0.136. The number of imide groups is 1. The van der Waals surface area contributed by atoms with Crippen LogP contribution in [0.3, 0.4) is 0 Å². The maximum Gasteiger partial charge on any atom is 0.262 e. The third-order valence-corrected chi connectivity index (χ3v) is 6.44. The summed E-state index contributed by atoms with van der Waals surface area (Å²) in [6.45, 7) is 2.04. The van der Waals surface area contributed by atoms with Crippen LogP contribution < -0.4 is 0 Å². The molecule has 0 spiro atoms. The van der Waals surface area contributed by atoms with E-state index in [0.717, 1.165) is 18.6 Å². The zero-order chi connectivity index (χ0) is 16.1. The van der Waals surface area contributed by atoms with E-state index >= 15 is 0 Å². The van der Waals surface area contributed by atoms with E-state index in [1.165, 1.54) is 4.90 Å². The van der Waals surface area contributed by atoms with E-state index in [9.17, 15) is 14.4 Å². The Morgan fingerprint density at radius 3 is 2.35 bits per heavy atom. The summed E-state index contributed by atoms with van der Waals surface area (Å²) in [6.07, 6.45) is 2.34. The summed E-state index contributed by atoms with van der Waals surface area (Å²) in [6, 6.07) is 6.32. The molecule has 3 amide bonds. The summed E-state index contributed by atoms with van der Waals surface area (Å²) in [4.78, 5) is 41.5. The van der Waals surface area contributed by atoms with Crippen molar-refractivity contribution < 1.29 is 14.4 Å². The van der Waals surface area contributed by atoms with E-state index in [1.807, 2.05) is 11.8 Å². The largest absolute Gasteiger partial charge is 0.325 e. The summed E-state index contributed by atoms with van der Waals surface area (Å²) >= 11 is 1.80. The van der Waals surface area contributed by atoms with Gasteiger partial charge in [0.25, 0.3) is 11.8 Å². The van der Waals surface area contributed by atoms with Gasteiger partial charge in [-0.1, -0.05) is 12.1 Å². The van der Waals surface area contributed by atoms with Crippen molar-refractivity contribution in [1.82, 2.24) is 9.80 Å². The molecule has 6 heteroatoms. The molecule has 0 aromatic heterocycles. The molecule has 0 aliphatic carbocycles. The van der Waals surface area contributed by atoms with Crippen molar-refractivity contribution in [3.63, 3.8) is 0 Å². The highest BCUT2D eigenvalue weighted by molar-refractivity contribution is 8.00. The van der Waals surface area contributed by atoms with Crippen LogP contribution in [-0.4, -0.2) is 50.7 Å². The number of fused-ring (bicyclic) bond motifs is 2. The topological polar surface area (TPSA) is 57.7 Å². The number of rotatable bonds is 1. The number of thioether (sulfide) groups is 1. The Bertz CT molecular complexity index is 670. The molecule has 5 nitrogen and oxygen atoms in total. The highest BCUT2D eigenvalue weighted by atomic mass is 32.2. The molecule has 3 atom stereocenters. The molecule has 3 aliphatic heterocycles. The lowest BCUT2D eigenvalue weighted by Crippen LogP contribution is -2.52. The van der Waals surface area contributed by atoms with Crippen LogP contribution in [0, 0.1) is 0 Å². The van der Waals surface area contributed by atoms with Crippen LogP contribution in [0.2, 0.25) is 0 Å². The molecule has 120 valence electrons. The Kier molecular flexibility index (Phi) is 3.44. The zero-order valence-corrected chi connectivity index (χ0v) is 13.7. The molecule has 0 N–H and O–H groups in total. The van der Waals surface area contributed by atoms with Crippen LogP contribution in [0.1, 0.15) is 46.9 Å². The van der Waals surface area contributed by atoms with Gasteiger partial charge in [0.1, 0.15) is 6.04 Å². The molecule has 3 heterocycles. The first-order chi connectivity index (χ1) is 11.1. The number of hydrogen-bond donors (Lipinski definition) is 0. The van der Waals surface area contributed by atoms with Gasteiger partial charge in [-0.3, -0.25) is 19.3 Å². The first-order valence-corrected chi connectivity index (χ1v) is 9.05. The summed E-state index contributed by atoms with van der Waals surface area (Å²) in [7, 11) is 0. The summed E-state index contributed by atoms with van der Waals surface area (Å²) in [5, 5.41) is 0.192. The number of carbonyl (C=O) groups is 3. The van der Waals surface area contributed by atoms with Crippen LogP contribution in [0.4, 0.5) is 0 Å². The molecule has 0 saturated carbocycles. The smallest absolute Gasteiger partial charge is 0.262 e. The van der Waals surface area contributed by atoms with E-state index in [0.29, 0.717) is 17.5 Å². The van der Waals surface area contributed by atoms with Crippen molar-refractivity contribution in [1.29, 1.82) is 0 Å². The Balaban J connectivity index is 1.69. The van der Waals surface area contributed by atoms with Gasteiger partial charge in [-0.15, -0.1) is 11.8 Å². The van der Waals surface area contributed by atoms with Crippen LogP contribution in [0.25, 0.3) is 0 Å². The molecule has 23 heavy (non-hydrogen) atoms. The minimum Gasteiger partial charge on any atom is -0.325 e. The second-order valence-corrected chi connectivity index (χ2v) is 7.57. The lowest BCUT2D eigenvalue weighted by atomic mass is 10.1. The van der Waals surface area contributed by atoms with Crippen molar-refractivity contribution in [3.8, 4) is 0 Å². The fraction of sp³-hybridized carbons (Fsp3) is 0.471. The van der Waals surface area contributed by atoms with Crippen LogP contribution >= 0.6 is 11.8 Å². The molecule has 1 aromatic carbocycles. The Morgan fingerprint density at radius 2 is 1.70 bits per heavy atom. The second-order valence-electron chi connectivity index (χ2n) is 6.36. The number of nitrogens with zero attached hydrogens (tertiary/aromatic N) is 2. The number of benzene rings is 1. The van der Waals surface area contributed by atoms with Crippen molar-refractivity contribution in [2.75, 3.05) is 5.75 Å². The number of carbonyl (C=O) groups excluding carboxylic acids is 3. The number of amides is 3. The predicted molar refractivity (Wildman–Crippen MR) is 87.1 cm³/mol. The monoisotopic (exact) mass is 330 g/mol. The SMILES string of the molecule is CC1CS[C@@H]2CCCC(N3C(=O)c4ccccc4C3=O)C(=O)N12. The average Bonchev–Trinajstić information content (AvgIpc) is 2.97. The van der Waals surface area contributed by atoms with Crippen LogP contribution in [-0.2, 0) is 4.79 Å². The Hall–Kier alpha value is -1.82. The molecule has 0 radical (unpaired) electrons. The quantitative estimate of drug-likeness (QED) is 0.740. The van der Waals surface area contributed by atoms with Gasteiger partial charge in [-0.25, -0.2) is 0 Å². The number of hydrogen-bond acceptors (Lipinski definition) is 4. The highest BCUT2D eigenvalue weighted by Gasteiger charge is 2.47. The predicted octanol–water partition coefficient (Wildman–Crippen LogP) is 2.13. The fourth-order valence-electron chi connectivity index (χ4n) is 3.79. The molecular weight excluding hydrogens is 312 g/mol. The minimum atomic E-state index is -0.659. The third kappa shape index (κ3) is 2.11. The van der Waals surface area contributed by atoms with Crippen molar-refractivity contribution in [2.24, 2.45) is 0 Å². The van der Waals surface area contributed by atoms with E-state index in [4.69, 9.17) is 0 Å². The molecule has 0 bridgehead atoms. The molecule has 2 unspecified atom stereocenters.